The molecule has 1 aromatic heterocycles. The molecule has 1 amide bonds. The molecule has 0 aliphatic rings. The summed E-state index contributed by atoms with van der Waals surface area (Å²) in [6, 6.07) is 27.2. The van der Waals surface area contributed by atoms with Gasteiger partial charge in [-0.05, 0) is 60.9 Å². The zero-order valence-corrected chi connectivity index (χ0v) is 19.2. The topological polar surface area (TPSA) is 81.1 Å². The van der Waals surface area contributed by atoms with Gasteiger partial charge in [0.1, 0.15) is 16.8 Å². The van der Waals surface area contributed by atoms with Gasteiger partial charge in [0.25, 0.3) is 5.91 Å². The average molecular weight is 468 g/mol. The molecule has 0 fully saturated rings. The van der Waals surface area contributed by atoms with E-state index in [1.807, 2.05) is 73.7 Å². The lowest BCUT2D eigenvalue weighted by atomic mass is 10.1. The van der Waals surface area contributed by atoms with Gasteiger partial charge in [0.05, 0.1) is 5.69 Å². The van der Waals surface area contributed by atoms with Gasteiger partial charge in [-0.1, -0.05) is 54.1 Å². The predicted octanol–water partition coefficient (Wildman–Crippen LogP) is 4.77. The minimum Gasteiger partial charge on any atom is -0.484 e. The normalized spacial score (nSPS) is 10.9. The molecule has 5 rings (SSSR count). The van der Waals surface area contributed by atoms with Crippen LogP contribution in [-0.4, -0.2) is 32.6 Å². The molecular weight excluding hydrogens is 446 g/mol. The summed E-state index contributed by atoms with van der Waals surface area (Å²) in [5.41, 5.74) is 4.17. The third-order valence-corrected chi connectivity index (χ3v) is 5.47. The summed E-state index contributed by atoms with van der Waals surface area (Å²) in [5, 5.41) is 17.3. The number of benzene rings is 4. The zero-order chi connectivity index (χ0) is 23.5. The molecule has 0 aliphatic carbocycles. The van der Waals surface area contributed by atoms with Gasteiger partial charge in [0.15, 0.2) is 11.7 Å². The van der Waals surface area contributed by atoms with Crippen molar-refractivity contribution in [2.45, 2.75) is 6.92 Å². The Hall–Kier alpha value is -4.30. The second-order valence-corrected chi connectivity index (χ2v) is 8.20. The summed E-state index contributed by atoms with van der Waals surface area (Å²) in [4.78, 5) is 13.8. The molecule has 0 saturated heterocycles. The van der Waals surface area contributed by atoms with Crippen molar-refractivity contribution >= 4 is 50.7 Å². The van der Waals surface area contributed by atoms with Gasteiger partial charge in [0, 0.05) is 11.1 Å². The number of carbonyl (C=O) groups is 1. The van der Waals surface area contributed by atoms with Gasteiger partial charge in [0.2, 0.25) is 0 Å². The Kier molecular flexibility index (Phi) is 5.88. The Bertz CT molecular complexity index is 1510. The standard InChI is InChI=1S/C26H21N5O2S/c1-17-9-12-20(13-10-17)33-16-25(32)28-26(34)27-19-11-14-22-23(15-19)30-31(29-22)24-8-4-6-18-5-2-3-7-21(18)24/h2-15H,16H2,1H3,(H2,27,28,32,34). The number of ether oxygens (including phenoxy) is 1. The summed E-state index contributed by atoms with van der Waals surface area (Å²) in [6.45, 7) is 1.85. The number of hydrogen-bond donors (Lipinski definition) is 2. The van der Waals surface area contributed by atoms with E-state index in [4.69, 9.17) is 17.0 Å². The van der Waals surface area contributed by atoms with Crippen LogP contribution in [0.2, 0.25) is 0 Å². The number of aromatic nitrogens is 3. The van der Waals surface area contributed by atoms with Crippen LogP contribution in [0.3, 0.4) is 0 Å². The van der Waals surface area contributed by atoms with Crippen molar-refractivity contribution in [2.75, 3.05) is 11.9 Å². The lowest BCUT2D eigenvalue weighted by molar-refractivity contribution is -0.121. The molecule has 0 bridgehead atoms. The Morgan fingerprint density at radius 2 is 1.71 bits per heavy atom. The summed E-state index contributed by atoms with van der Waals surface area (Å²) >= 11 is 5.28. The molecule has 0 atom stereocenters. The highest BCUT2D eigenvalue weighted by atomic mass is 32.1. The largest absolute Gasteiger partial charge is 0.484 e. The molecule has 2 N–H and O–H groups in total. The number of anilines is 1. The first-order valence-electron chi connectivity index (χ1n) is 10.7. The van der Waals surface area contributed by atoms with Gasteiger partial charge < -0.3 is 10.1 Å². The van der Waals surface area contributed by atoms with Gasteiger partial charge in [-0.15, -0.1) is 15.0 Å². The first kappa shape index (κ1) is 21.5. The first-order valence-corrected chi connectivity index (χ1v) is 11.1. The molecule has 0 unspecified atom stereocenters. The van der Waals surface area contributed by atoms with E-state index in [2.05, 4.69) is 39.0 Å². The van der Waals surface area contributed by atoms with Crippen molar-refractivity contribution in [1.82, 2.24) is 20.3 Å². The molecule has 0 radical (unpaired) electrons. The highest BCUT2D eigenvalue weighted by Crippen LogP contribution is 2.23. The number of hydrogen-bond acceptors (Lipinski definition) is 5. The average Bonchev–Trinajstić information content (AvgIpc) is 3.26. The van der Waals surface area contributed by atoms with E-state index in [9.17, 15) is 4.79 Å². The fourth-order valence-corrected chi connectivity index (χ4v) is 3.82. The predicted molar refractivity (Wildman–Crippen MR) is 137 cm³/mol. The maximum atomic E-state index is 12.2. The van der Waals surface area contributed by atoms with Crippen LogP contribution in [0.5, 0.6) is 5.75 Å². The second kappa shape index (κ2) is 9.29. The van der Waals surface area contributed by atoms with E-state index in [0.717, 1.165) is 27.5 Å². The molecule has 4 aromatic carbocycles. The van der Waals surface area contributed by atoms with Crippen molar-refractivity contribution in [1.29, 1.82) is 0 Å². The van der Waals surface area contributed by atoms with Gasteiger partial charge >= 0.3 is 0 Å². The molecule has 0 saturated carbocycles. The van der Waals surface area contributed by atoms with Crippen LogP contribution in [-0.2, 0) is 4.79 Å². The molecule has 168 valence electrons. The van der Waals surface area contributed by atoms with E-state index in [1.165, 1.54) is 0 Å². The van der Waals surface area contributed by atoms with Gasteiger partial charge in [-0.3, -0.25) is 10.1 Å². The number of amides is 1. The van der Waals surface area contributed by atoms with Crippen LogP contribution in [0, 0.1) is 6.92 Å². The summed E-state index contributed by atoms with van der Waals surface area (Å²) in [6.07, 6.45) is 0. The SMILES string of the molecule is Cc1ccc(OCC(=O)NC(=S)Nc2ccc3nn(-c4cccc5ccccc45)nc3c2)cc1. The molecule has 34 heavy (non-hydrogen) atoms. The monoisotopic (exact) mass is 467 g/mol. The molecule has 7 nitrogen and oxygen atoms in total. The Labute approximate surface area is 201 Å². The molecule has 1 heterocycles. The van der Waals surface area contributed by atoms with Crippen molar-refractivity contribution in [3.63, 3.8) is 0 Å². The van der Waals surface area contributed by atoms with E-state index < -0.39 is 0 Å². The van der Waals surface area contributed by atoms with Gasteiger partial charge in [-0.2, -0.15) is 0 Å². The number of thiocarbonyl (C=S) groups is 1. The minimum absolute atomic E-state index is 0.136. The Morgan fingerprint density at radius 1 is 0.941 bits per heavy atom. The van der Waals surface area contributed by atoms with Crippen molar-refractivity contribution < 1.29 is 9.53 Å². The van der Waals surface area contributed by atoms with E-state index >= 15 is 0 Å². The first-order chi connectivity index (χ1) is 16.5. The number of carbonyl (C=O) groups excluding carboxylic acids is 1. The lowest BCUT2D eigenvalue weighted by Crippen LogP contribution is -2.37. The zero-order valence-electron chi connectivity index (χ0n) is 18.4. The number of aryl methyl sites for hydroxylation is 1. The third kappa shape index (κ3) is 4.72. The van der Waals surface area contributed by atoms with Gasteiger partial charge in [-0.25, -0.2) is 0 Å². The van der Waals surface area contributed by atoms with Crippen LogP contribution in [0.4, 0.5) is 5.69 Å². The maximum Gasteiger partial charge on any atom is 0.264 e. The highest BCUT2D eigenvalue weighted by Gasteiger charge is 2.10. The second-order valence-electron chi connectivity index (χ2n) is 7.80. The van der Waals surface area contributed by atoms with E-state index in [0.29, 0.717) is 17.0 Å². The van der Waals surface area contributed by atoms with E-state index in [-0.39, 0.29) is 17.6 Å². The summed E-state index contributed by atoms with van der Waals surface area (Å²) in [7, 11) is 0. The molecule has 8 heteroatoms. The van der Waals surface area contributed by atoms with Crippen LogP contribution in [0.15, 0.2) is 84.9 Å². The summed E-state index contributed by atoms with van der Waals surface area (Å²) in [5.74, 6) is 0.278. The smallest absolute Gasteiger partial charge is 0.264 e. The van der Waals surface area contributed by atoms with Crippen LogP contribution >= 0.6 is 12.2 Å². The number of nitrogens with zero attached hydrogens (tertiary/aromatic N) is 3. The fourth-order valence-electron chi connectivity index (χ4n) is 3.59. The molecule has 0 aliphatic heterocycles. The summed E-state index contributed by atoms with van der Waals surface area (Å²) < 4.78 is 5.49. The maximum absolute atomic E-state index is 12.2. The number of fused-ring (bicyclic) bond motifs is 2. The third-order valence-electron chi connectivity index (χ3n) is 5.26. The molecule has 5 aromatic rings. The van der Waals surface area contributed by atoms with Crippen molar-refractivity contribution in [3.05, 3.63) is 90.5 Å². The van der Waals surface area contributed by atoms with Crippen LogP contribution in [0.1, 0.15) is 5.56 Å². The van der Waals surface area contributed by atoms with Crippen LogP contribution < -0.4 is 15.4 Å². The molecule has 0 spiro atoms. The lowest BCUT2D eigenvalue weighted by Gasteiger charge is -2.10. The fraction of sp³-hybridized carbons (Fsp3) is 0.0769. The number of nitrogens with one attached hydrogen (secondary N) is 2. The quantitative estimate of drug-likeness (QED) is 0.362. The minimum atomic E-state index is -0.346. The van der Waals surface area contributed by atoms with E-state index in [1.54, 1.807) is 4.80 Å². The number of rotatable bonds is 5. The molecular formula is C26H21N5O2S. The van der Waals surface area contributed by atoms with Crippen molar-refractivity contribution in [3.8, 4) is 11.4 Å². The Balaban J connectivity index is 1.26. The highest BCUT2D eigenvalue weighted by molar-refractivity contribution is 7.80. The Morgan fingerprint density at radius 3 is 2.56 bits per heavy atom. The van der Waals surface area contributed by atoms with Crippen LogP contribution in [0.25, 0.3) is 27.5 Å². The van der Waals surface area contributed by atoms with Crippen molar-refractivity contribution in [2.24, 2.45) is 0 Å².